The van der Waals surface area contributed by atoms with Gasteiger partial charge in [-0.05, 0) is 44.0 Å². The second-order valence-electron chi connectivity index (χ2n) is 5.48. The van der Waals surface area contributed by atoms with E-state index in [0.29, 0.717) is 16.6 Å². The van der Waals surface area contributed by atoms with Gasteiger partial charge in [-0.15, -0.1) is 10.2 Å². The fraction of sp³-hybridized carbons (Fsp3) is 0.467. The molecule has 2 aromatic rings. The fourth-order valence-electron chi connectivity index (χ4n) is 2.35. The maximum absolute atomic E-state index is 12.3. The molecule has 1 aromatic heterocycles. The van der Waals surface area contributed by atoms with Gasteiger partial charge in [-0.3, -0.25) is 0 Å². The van der Waals surface area contributed by atoms with E-state index in [4.69, 9.17) is 0 Å². The maximum Gasteiger partial charge on any atom is 0.191 e. The van der Waals surface area contributed by atoms with Crippen molar-refractivity contribution >= 4 is 37.5 Å². The average molecular weight is 416 g/mol. The third-order valence-corrected chi connectivity index (χ3v) is 7.25. The highest BCUT2D eigenvalue weighted by Crippen LogP contribution is 2.40. The molecular formula is C15H18BrN3O2S2. The zero-order valence-electron chi connectivity index (χ0n) is 12.8. The number of aromatic nitrogens is 3. The van der Waals surface area contributed by atoms with Crippen LogP contribution in [0.4, 0.5) is 0 Å². The Kier molecular flexibility index (Phi) is 5.13. The normalized spacial score (nSPS) is 15.0. The largest absolute Gasteiger partial charge is 0.306 e. The van der Waals surface area contributed by atoms with Gasteiger partial charge in [0.1, 0.15) is 5.82 Å². The number of halogens is 1. The fourth-order valence-corrected chi connectivity index (χ4v) is 5.27. The molecule has 1 fully saturated rings. The number of benzene rings is 1. The van der Waals surface area contributed by atoms with Gasteiger partial charge in [-0.2, -0.15) is 0 Å². The predicted octanol–water partition coefficient (Wildman–Crippen LogP) is 3.50. The molecule has 1 saturated carbocycles. The van der Waals surface area contributed by atoms with Crippen molar-refractivity contribution in [3.05, 3.63) is 34.6 Å². The van der Waals surface area contributed by atoms with Crippen molar-refractivity contribution < 1.29 is 8.42 Å². The number of hydrogen-bond acceptors (Lipinski definition) is 5. The summed E-state index contributed by atoms with van der Waals surface area (Å²) in [6.07, 6.45) is 2.36. The van der Waals surface area contributed by atoms with Gasteiger partial charge < -0.3 is 4.57 Å². The van der Waals surface area contributed by atoms with Crippen molar-refractivity contribution in [1.82, 2.24) is 14.8 Å². The Morgan fingerprint density at radius 3 is 2.57 bits per heavy atom. The molecule has 0 unspecified atom stereocenters. The molecule has 1 heterocycles. The first-order valence-electron chi connectivity index (χ1n) is 7.55. The minimum absolute atomic E-state index is 0.0919. The summed E-state index contributed by atoms with van der Waals surface area (Å²) in [5.74, 6) is 2.16. The molecule has 1 aliphatic carbocycles. The van der Waals surface area contributed by atoms with E-state index in [9.17, 15) is 8.42 Å². The van der Waals surface area contributed by atoms with Crippen LogP contribution in [0, 0.1) is 0 Å². The highest BCUT2D eigenvalue weighted by molar-refractivity contribution is 9.10. The van der Waals surface area contributed by atoms with Gasteiger partial charge in [0.25, 0.3) is 0 Å². The molecule has 0 atom stereocenters. The summed E-state index contributed by atoms with van der Waals surface area (Å²) >= 11 is 4.78. The second kappa shape index (κ2) is 6.94. The summed E-state index contributed by atoms with van der Waals surface area (Å²) in [7, 11) is -3.26. The van der Waals surface area contributed by atoms with E-state index in [2.05, 4.69) is 37.6 Å². The molecular weight excluding hydrogens is 398 g/mol. The highest BCUT2D eigenvalue weighted by atomic mass is 79.9. The van der Waals surface area contributed by atoms with Gasteiger partial charge in [0.15, 0.2) is 15.0 Å². The summed E-state index contributed by atoms with van der Waals surface area (Å²) < 4.78 is 27.7. The Balaban J connectivity index is 1.64. The van der Waals surface area contributed by atoms with E-state index < -0.39 is 9.84 Å². The van der Waals surface area contributed by atoms with Gasteiger partial charge in [-0.1, -0.05) is 27.7 Å². The summed E-state index contributed by atoms with van der Waals surface area (Å²) in [6, 6.07) is 6.75. The third kappa shape index (κ3) is 3.97. The van der Waals surface area contributed by atoms with Crippen molar-refractivity contribution in [1.29, 1.82) is 0 Å². The average Bonchev–Trinajstić information content (AvgIpc) is 3.28. The summed E-state index contributed by atoms with van der Waals surface area (Å²) in [5, 5.41) is 9.32. The van der Waals surface area contributed by atoms with E-state index in [1.807, 2.05) is 0 Å². The minimum atomic E-state index is -3.26. The topological polar surface area (TPSA) is 64.8 Å². The van der Waals surface area contributed by atoms with Crippen LogP contribution in [0.25, 0.3) is 0 Å². The zero-order chi connectivity index (χ0) is 16.4. The lowest BCUT2D eigenvalue weighted by atomic mass is 10.4. The quantitative estimate of drug-likeness (QED) is 0.647. The van der Waals surface area contributed by atoms with E-state index in [0.717, 1.165) is 22.0 Å². The molecule has 1 aliphatic rings. The molecule has 23 heavy (non-hydrogen) atoms. The van der Waals surface area contributed by atoms with E-state index in [1.165, 1.54) is 24.6 Å². The Bertz CT molecular complexity index is 784. The Labute approximate surface area is 148 Å². The van der Waals surface area contributed by atoms with Crippen LogP contribution in [0.15, 0.2) is 38.8 Å². The van der Waals surface area contributed by atoms with Gasteiger partial charge in [0.2, 0.25) is 0 Å². The van der Waals surface area contributed by atoms with Crippen LogP contribution < -0.4 is 0 Å². The Morgan fingerprint density at radius 1 is 1.26 bits per heavy atom. The van der Waals surface area contributed by atoms with Crippen LogP contribution in [-0.4, -0.2) is 34.7 Å². The number of thioether (sulfide) groups is 1. The molecule has 0 saturated heterocycles. The highest BCUT2D eigenvalue weighted by Gasteiger charge is 2.30. The molecule has 3 rings (SSSR count). The van der Waals surface area contributed by atoms with Crippen molar-refractivity contribution in [3.63, 3.8) is 0 Å². The SMILES string of the molecule is CCn1c(SCCS(=O)(=O)c2ccc(Br)cc2)nnc1C1CC1. The van der Waals surface area contributed by atoms with Crippen molar-refractivity contribution in [2.75, 3.05) is 11.5 Å². The van der Waals surface area contributed by atoms with Crippen molar-refractivity contribution in [2.24, 2.45) is 0 Å². The van der Waals surface area contributed by atoms with Crippen LogP contribution in [0.5, 0.6) is 0 Å². The lowest BCUT2D eigenvalue weighted by Gasteiger charge is -2.07. The lowest BCUT2D eigenvalue weighted by Crippen LogP contribution is -2.09. The summed E-state index contributed by atoms with van der Waals surface area (Å²) in [6.45, 7) is 2.89. The molecule has 5 nitrogen and oxygen atoms in total. The lowest BCUT2D eigenvalue weighted by molar-refractivity contribution is 0.597. The number of nitrogens with zero attached hydrogens (tertiary/aromatic N) is 3. The molecule has 1 aromatic carbocycles. The number of sulfone groups is 1. The standard InChI is InChI=1S/C15H18BrN3O2S2/c1-2-19-14(11-3-4-11)17-18-15(19)22-9-10-23(20,21)13-7-5-12(16)6-8-13/h5-8,11H,2-4,9-10H2,1H3. The summed E-state index contributed by atoms with van der Waals surface area (Å²) in [4.78, 5) is 0.358. The van der Waals surface area contributed by atoms with Crippen molar-refractivity contribution in [2.45, 2.75) is 42.3 Å². The monoisotopic (exact) mass is 415 g/mol. The van der Waals surface area contributed by atoms with Crippen LogP contribution >= 0.6 is 27.7 Å². The predicted molar refractivity (Wildman–Crippen MR) is 94.6 cm³/mol. The smallest absolute Gasteiger partial charge is 0.191 e. The van der Waals surface area contributed by atoms with Gasteiger partial charge in [-0.25, -0.2) is 8.42 Å². The van der Waals surface area contributed by atoms with Crippen LogP contribution in [-0.2, 0) is 16.4 Å². The Morgan fingerprint density at radius 2 is 1.96 bits per heavy atom. The van der Waals surface area contributed by atoms with E-state index in [-0.39, 0.29) is 5.75 Å². The van der Waals surface area contributed by atoms with Gasteiger partial charge in [0, 0.05) is 22.7 Å². The molecule has 0 radical (unpaired) electrons. The Hall–Kier alpha value is -0.860. The van der Waals surface area contributed by atoms with Crippen LogP contribution in [0.3, 0.4) is 0 Å². The van der Waals surface area contributed by atoms with E-state index >= 15 is 0 Å². The number of hydrogen-bond donors (Lipinski definition) is 0. The third-order valence-electron chi connectivity index (χ3n) is 3.76. The van der Waals surface area contributed by atoms with Gasteiger partial charge in [0.05, 0.1) is 10.6 Å². The van der Waals surface area contributed by atoms with E-state index in [1.54, 1.807) is 24.3 Å². The first-order chi connectivity index (χ1) is 11.0. The number of rotatable bonds is 7. The maximum atomic E-state index is 12.3. The first kappa shape index (κ1) is 17.0. The molecule has 0 amide bonds. The second-order valence-corrected chi connectivity index (χ2v) is 9.57. The molecule has 0 bridgehead atoms. The molecule has 124 valence electrons. The molecule has 8 heteroatoms. The molecule has 0 aliphatic heterocycles. The van der Waals surface area contributed by atoms with Crippen molar-refractivity contribution in [3.8, 4) is 0 Å². The minimum Gasteiger partial charge on any atom is -0.306 e. The zero-order valence-corrected chi connectivity index (χ0v) is 16.0. The van der Waals surface area contributed by atoms with Crippen LogP contribution in [0.1, 0.15) is 31.5 Å². The van der Waals surface area contributed by atoms with Gasteiger partial charge >= 0.3 is 0 Å². The summed E-state index contributed by atoms with van der Waals surface area (Å²) in [5.41, 5.74) is 0. The first-order valence-corrected chi connectivity index (χ1v) is 11.0. The molecule has 0 N–H and O–H groups in total. The molecule has 0 spiro atoms. The van der Waals surface area contributed by atoms with Crippen LogP contribution in [0.2, 0.25) is 0 Å².